The highest BCUT2D eigenvalue weighted by Gasteiger charge is 1.91. The third kappa shape index (κ3) is 3.15. The van der Waals surface area contributed by atoms with Crippen LogP contribution >= 0.6 is 0 Å². The molecule has 0 aromatic heterocycles. The van der Waals surface area contributed by atoms with Gasteiger partial charge in [-0.2, -0.15) is 0 Å². The average Bonchev–Trinajstić information content (AvgIpc) is 2.15. The summed E-state index contributed by atoms with van der Waals surface area (Å²) in [6, 6.07) is 6.82. The first-order valence-electron chi connectivity index (χ1n) is 4.06. The molecule has 0 fully saturated rings. The molecule has 0 saturated heterocycles. The maximum absolute atomic E-state index is 10.1. The van der Waals surface area contributed by atoms with Crippen molar-refractivity contribution in [3.05, 3.63) is 48.1 Å². The molecule has 72 valence electrons. The first kappa shape index (κ1) is 10.1. The second-order valence-electron chi connectivity index (χ2n) is 2.62. The van der Waals surface area contributed by atoms with E-state index in [4.69, 9.17) is 5.11 Å². The number of hydrogen-bond acceptors (Lipinski definition) is 2. The molecule has 0 spiro atoms. The standard InChI is InChI=1S/C11H10O3/c12-10-7-3-1-5-9(10)6-2-4-8-11(13)14/h1-8,12H,(H,13,14)/b6-2+,8-4+. The number of phenolic OH excluding ortho intramolecular Hbond substituents is 1. The summed E-state index contributed by atoms with van der Waals surface area (Å²) in [6.07, 6.45) is 5.61. The normalized spacial score (nSPS) is 11.1. The van der Waals surface area contributed by atoms with Gasteiger partial charge in [-0.1, -0.05) is 36.4 Å². The Balaban J connectivity index is 2.69. The molecule has 0 heterocycles. The van der Waals surface area contributed by atoms with Gasteiger partial charge in [0.25, 0.3) is 0 Å². The Morgan fingerprint density at radius 2 is 1.93 bits per heavy atom. The van der Waals surface area contributed by atoms with Crippen molar-refractivity contribution in [2.45, 2.75) is 0 Å². The van der Waals surface area contributed by atoms with Crippen LogP contribution in [-0.2, 0) is 4.79 Å². The van der Waals surface area contributed by atoms with Gasteiger partial charge in [-0.3, -0.25) is 0 Å². The number of aromatic hydroxyl groups is 1. The van der Waals surface area contributed by atoms with E-state index in [2.05, 4.69) is 0 Å². The van der Waals surface area contributed by atoms with Crippen molar-refractivity contribution < 1.29 is 15.0 Å². The van der Waals surface area contributed by atoms with Crippen LogP contribution in [0.1, 0.15) is 5.56 Å². The van der Waals surface area contributed by atoms with Crippen molar-refractivity contribution in [3.63, 3.8) is 0 Å². The summed E-state index contributed by atoms with van der Waals surface area (Å²) in [4.78, 5) is 10.1. The molecule has 1 rings (SSSR count). The highest BCUT2D eigenvalue weighted by molar-refractivity contribution is 5.80. The van der Waals surface area contributed by atoms with E-state index in [1.807, 2.05) is 0 Å². The fourth-order valence-electron chi connectivity index (χ4n) is 0.926. The van der Waals surface area contributed by atoms with E-state index >= 15 is 0 Å². The summed E-state index contributed by atoms with van der Waals surface area (Å²) in [6.45, 7) is 0. The van der Waals surface area contributed by atoms with Crippen LogP contribution in [0.5, 0.6) is 5.75 Å². The summed E-state index contributed by atoms with van der Waals surface area (Å²) in [5.74, 6) is -0.820. The minimum absolute atomic E-state index is 0.174. The second kappa shape index (κ2) is 4.87. The number of rotatable bonds is 3. The van der Waals surface area contributed by atoms with E-state index < -0.39 is 5.97 Å². The molecule has 0 unspecified atom stereocenters. The molecule has 3 heteroatoms. The van der Waals surface area contributed by atoms with Gasteiger partial charge in [-0.15, -0.1) is 0 Å². The zero-order chi connectivity index (χ0) is 10.4. The molecule has 0 aliphatic carbocycles. The molecule has 0 saturated carbocycles. The van der Waals surface area contributed by atoms with Crippen LogP contribution in [0, 0.1) is 0 Å². The summed E-state index contributed by atoms with van der Waals surface area (Å²) in [5, 5.41) is 17.6. The van der Waals surface area contributed by atoms with E-state index in [9.17, 15) is 9.90 Å². The van der Waals surface area contributed by atoms with E-state index in [1.165, 1.54) is 6.08 Å². The van der Waals surface area contributed by atoms with Crippen LogP contribution in [0.4, 0.5) is 0 Å². The molecule has 1 aromatic carbocycles. The Hall–Kier alpha value is -2.03. The summed E-state index contributed by atoms with van der Waals surface area (Å²) >= 11 is 0. The molecule has 0 bridgehead atoms. The smallest absolute Gasteiger partial charge is 0.328 e. The van der Waals surface area contributed by atoms with Crippen molar-refractivity contribution in [1.29, 1.82) is 0 Å². The predicted molar refractivity (Wildman–Crippen MR) is 53.9 cm³/mol. The van der Waals surface area contributed by atoms with Crippen molar-refractivity contribution in [2.24, 2.45) is 0 Å². The Bertz CT molecular complexity index is 378. The Labute approximate surface area is 81.6 Å². The molecular weight excluding hydrogens is 180 g/mol. The zero-order valence-corrected chi connectivity index (χ0v) is 7.42. The van der Waals surface area contributed by atoms with Gasteiger partial charge in [0.2, 0.25) is 0 Å². The average molecular weight is 190 g/mol. The number of carboxylic acids is 1. The lowest BCUT2D eigenvalue weighted by Crippen LogP contribution is -1.84. The van der Waals surface area contributed by atoms with Gasteiger partial charge in [0.1, 0.15) is 5.75 Å². The molecule has 0 radical (unpaired) electrons. The summed E-state index contributed by atoms with van der Waals surface area (Å²) in [7, 11) is 0. The van der Waals surface area contributed by atoms with Crippen molar-refractivity contribution in [2.75, 3.05) is 0 Å². The SMILES string of the molecule is O=C(O)/C=C/C=C/c1ccccc1O. The number of allylic oxidation sites excluding steroid dienone is 2. The van der Waals surface area contributed by atoms with Gasteiger partial charge in [-0.25, -0.2) is 4.79 Å². The van der Waals surface area contributed by atoms with Gasteiger partial charge >= 0.3 is 5.97 Å². The van der Waals surface area contributed by atoms with Crippen LogP contribution in [0.25, 0.3) is 6.08 Å². The van der Waals surface area contributed by atoms with Crippen LogP contribution in [0.3, 0.4) is 0 Å². The Kier molecular flexibility index (Phi) is 3.49. The topological polar surface area (TPSA) is 57.5 Å². The lowest BCUT2D eigenvalue weighted by molar-refractivity contribution is -0.131. The van der Waals surface area contributed by atoms with E-state index in [0.29, 0.717) is 5.56 Å². The highest BCUT2D eigenvalue weighted by atomic mass is 16.4. The molecule has 14 heavy (non-hydrogen) atoms. The molecule has 2 N–H and O–H groups in total. The molecule has 3 nitrogen and oxygen atoms in total. The fourth-order valence-corrected chi connectivity index (χ4v) is 0.926. The quantitative estimate of drug-likeness (QED) is 0.566. The Morgan fingerprint density at radius 1 is 1.21 bits per heavy atom. The summed E-state index contributed by atoms with van der Waals surface area (Å²) < 4.78 is 0. The van der Waals surface area contributed by atoms with Crippen molar-refractivity contribution in [3.8, 4) is 5.75 Å². The first-order chi connectivity index (χ1) is 6.70. The van der Waals surface area contributed by atoms with Crippen molar-refractivity contribution in [1.82, 2.24) is 0 Å². The third-order valence-electron chi connectivity index (χ3n) is 1.56. The van der Waals surface area contributed by atoms with E-state index in [-0.39, 0.29) is 5.75 Å². The number of benzene rings is 1. The van der Waals surface area contributed by atoms with Crippen LogP contribution in [-0.4, -0.2) is 16.2 Å². The number of carbonyl (C=O) groups is 1. The molecule has 0 amide bonds. The number of carboxylic acid groups (broad SMARTS) is 1. The molecular formula is C11H10O3. The monoisotopic (exact) mass is 190 g/mol. The fraction of sp³-hybridized carbons (Fsp3) is 0. The largest absolute Gasteiger partial charge is 0.507 e. The number of aliphatic carboxylic acids is 1. The van der Waals surface area contributed by atoms with Gasteiger partial charge in [0, 0.05) is 11.6 Å². The zero-order valence-electron chi connectivity index (χ0n) is 7.42. The number of hydrogen-bond donors (Lipinski definition) is 2. The van der Waals surface area contributed by atoms with Crippen LogP contribution < -0.4 is 0 Å². The minimum atomic E-state index is -0.994. The first-order valence-corrected chi connectivity index (χ1v) is 4.06. The second-order valence-corrected chi connectivity index (χ2v) is 2.62. The lowest BCUT2D eigenvalue weighted by atomic mass is 10.2. The van der Waals surface area contributed by atoms with E-state index in [0.717, 1.165) is 6.08 Å². The molecule has 0 aliphatic rings. The maximum atomic E-state index is 10.1. The molecule has 0 atom stereocenters. The summed E-state index contributed by atoms with van der Waals surface area (Å²) in [5.41, 5.74) is 0.655. The third-order valence-corrected chi connectivity index (χ3v) is 1.56. The van der Waals surface area contributed by atoms with Crippen molar-refractivity contribution >= 4 is 12.0 Å². The van der Waals surface area contributed by atoms with Gasteiger partial charge in [-0.05, 0) is 6.07 Å². The Morgan fingerprint density at radius 3 is 2.57 bits per heavy atom. The van der Waals surface area contributed by atoms with Gasteiger partial charge in [0.15, 0.2) is 0 Å². The highest BCUT2D eigenvalue weighted by Crippen LogP contribution is 2.16. The molecule has 0 aliphatic heterocycles. The minimum Gasteiger partial charge on any atom is -0.507 e. The van der Waals surface area contributed by atoms with Gasteiger partial charge in [0.05, 0.1) is 0 Å². The van der Waals surface area contributed by atoms with Crippen LogP contribution in [0.15, 0.2) is 42.5 Å². The lowest BCUT2D eigenvalue weighted by Gasteiger charge is -1.95. The predicted octanol–water partition coefficient (Wildman–Crippen LogP) is 2.05. The molecule has 1 aromatic rings. The van der Waals surface area contributed by atoms with Gasteiger partial charge < -0.3 is 10.2 Å². The maximum Gasteiger partial charge on any atom is 0.328 e. The van der Waals surface area contributed by atoms with E-state index in [1.54, 1.807) is 36.4 Å². The number of para-hydroxylation sites is 1. The van der Waals surface area contributed by atoms with Crippen LogP contribution in [0.2, 0.25) is 0 Å². The number of phenols is 1.